The van der Waals surface area contributed by atoms with Crippen molar-refractivity contribution < 1.29 is 14.3 Å². The normalized spacial score (nSPS) is 11.6. The van der Waals surface area contributed by atoms with Gasteiger partial charge in [-0.2, -0.15) is 0 Å². The lowest BCUT2D eigenvalue weighted by Crippen LogP contribution is -2.35. The lowest BCUT2D eigenvalue weighted by molar-refractivity contribution is -0.129. The molecule has 0 aliphatic carbocycles. The molecule has 0 saturated carbocycles. The summed E-state index contributed by atoms with van der Waals surface area (Å²) in [7, 11) is 1.77. The van der Waals surface area contributed by atoms with Crippen LogP contribution in [0, 0.1) is 0 Å². The van der Waals surface area contributed by atoms with E-state index in [4.69, 9.17) is 4.74 Å². The molecule has 0 aliphatic heterocycles. The van der Waals surface area contributed by atoms with Crippen LogP contribution in [0.15, 0.2) is 72.9 Å². The van der Waals surface area contributed by atoms with Gasteiger partial charge in [0.25, 0.3) is 0 Å². The van der Waals surface area contributed by atoms with Crippen molar-refractivity contribution in [3.05, 3.63) is 95.3 Å². The number of amides is 1. The van der Waals surface area contributed by atoms with E-state index >= 15 is 0 Å². The van der Waals surface area contributed by atoms with Gasteiger partial charge in [0.15, 0.2) is 5.62 Å². The summed E-state index contributed by atoms with van der Waals surface area (Å²) in [6.45, 7) is 3.17. The first-order valence-electron chi connectivity index (χ1n) is 11.1. The van der Waals surface area contributed by atoms with Crippen LogP contribution in [0.5, 0.6) is 5.75 Å². The van der Waals surface area contributed by atoms with Crippen molar-refractivity contribution in [3.63, 3.8) is 0 Å². The fourth-order valence-electron chi connectivity index (χ4n) is 3.46. The van der Waals surface area contributed by atoms with Crippen LogP contribution >= 0.6 is 11.8 Å². The molecule has 0 aliphatic rings. The van der Waals surface area contributed by atoms with Gasteiger partial charge >= 0.3 is 0 Å². The maximum absolute atomic E-state index is 12.9. The van der Waals surface area contributed by atoms with Crippen LogP contribution in [-0.2, 0) is 35.4 Å². The topological polar surface area (TPSA) is 59.5 Å². The molecule has 1 unspecified atom stereocenters. The van der Waals surface area contributed by atoms with Gasteiger partial charge in [-0.05, 0) is 47.7 Å². The zero-order valence-electron chi connectivity index (χ0n) is 19.1. The highest BCUT2D eigenvalue weighted by atomic mass is 32.2. The van der Waals surface area contributed by atoms with Crippen molar-refractivity contribution in [2.45, 2.75) is 38.0 Å². The van der Waals surface area contributed by atoms with Gasteiger partial charge < -0.3 is 9.64 Å². The molecule has 0 fully saturated rings. The van der Waals surface area contributed by atoms with E-state index in [1.165, 1.54) is 5.56 Å². The largest absolute Gasteiger partial charge is 0.493 e. The standard InChI is InChI=1S/C27H30N2O3S/c1-3-21-9-12-24(28-18-21)15-16-32-25-13-10-22(11-14-25)17-26(33-20-30)27(31)29(2)19-23-7-5-4-6-8-23/h4-14,18,20,26H,3,15-17,19H2,1-2H3. The molecule has 172 valence electrons. The van der Waals surface area contributed by atoms with E-state index in [1.807, 2.05) is 66.9 Å². The van der Waals surface area contributed by atoms with Crippen molar-refractivity contribution in [3.8, 4) is 5.75 Å². The summed E-state index contributed by atoms with van der Waals surface area (Å²) in [5.41, 5.74) is 5.03. The quantitative estimate of drug-likeness (QED) is 0.363. The number of hydrogen-bond donors (Lipinski definition) is 0. The Hall–Kier alpha value is -3.12. The molecule has 0 spiro atoms. The number of carbonyl (C=O) groups is 2. The lowest BCUT2D eigenvalue weighted by atomic mass is 10.1. The van der Waals surface area contributed by atoms with Gasteiger partial charge in [-0.25, -0.2) is 0 Å². The molecule has 0 radical (unpaired) electrons. The van der Waals surface area contributed by atoms with Gasteiger partial charge in [0.05, 0.1) is 11.9 Å². The highest BCUT2D eigenvalue weighted by Gasteiger charge is 2.23. The highest BCUT2D eigenvalue weighted by molar-refractivity contribution is 8.13. The Labute approximate surface area is 200 Å². The summed E-state index contributed by atoms with van der Waals surface area (Å²) in [6, 6.07) is 21.7. The van der Waals surface area contributed by atoms with E-state index in [1.54, 1.807) is 11.9 Å². The molecule has 1 amide bonds. The highest BCUT2D eigenvalue weighted by Crippen LogP contribution is 2.20. The number of thioether (sulfide) groups is 1. The van der Waals surface area contributed by atoms with Crippen molar-refractivity contribution in [2.24, 2.45) is 0 Å². The summed E-state index contributed by atoms with van der Waals surface area (Å²) >= 11 is 1.03. The van der Waals surface area contributed by atoms with Gasteiger partial charge in [-0.3, -0.25) is 14.6 Å². The number of benzene rings is 2. The Bertz CT molecular complexity index is 1010. The van der Waals surface area contributed by atoms with Gasteiger partial charge in [0, 0.05) is 31.9 Å². The SMILES string of the molecule is CCc1ccc(CCOc2ccc(CC(SC=O)C(=O)N(C)Cc3ccccc3)cc2)nc1. The number of nitrogens with zero attached hydrogens (tertiary/aromatic N) is 2. The molecular formula is C27H30N2O3S. The summed E-state index contributed by atoms with van der Waals surface area (Å²) < 4.78 is 5.85. The minimum absolute atomic E-state index is 0.0575. The number of ether oxygens (including phenoxy) is 1. The molecular weight excluding hydrogens is 432 g/mol. The van der Waals surface area contributed by atoms with Crippen LogP contribution in [0.2, 0.25) is 0 Å². The Morgan fingerprint density at radius 1 is 1.03 bits per heavy atom. The van der Waals surface area contributed by atoms with Crippen LogP contribution < -0.4 is 4.74 Å². The average Bonchev–Trinajstić information content (AvgIpc) is 2.85. The molecule has 0 N–H and O–H groups in total. The molecule has 33 heavy (non-hydrogen) atoms. The Balaban J connectivity index is 1.52. The van der Waals surface area contributed by atoms with E-state index < -0.39 is 5.25 Å². The first-order chi connectivity index (χ1) is 16.1. The molecule has 3 aromatic rings. The van der Waals surface area contributed by atoms with Gasteiger partial charge in [-0.15, -0.1) is 0 Å². The third-order valence-electron chi connectivity index (χ3n) is 5.40. The Morgan fingerprint density at radius 3 is 2.39 bits per heavy atom. The third-order valence-corrected chi connectivity index (χ3v) is 6.21. The smallest absolute Gasteiger partial charge is 0.236 e. The second kappa shape index (κ2) is 12.8. The molecule has 3 rings (SSSR count). The van der Waals surface area contributed by atoms with Crippen LogP contribution in [0.4, 0.5) is 0 Å². The number of rotatable bonds is 12. The van der Waals surface area contributed by atoms with E-state index in [0.29, 0.717) is 19.6 Å². The second-order valence-corrected chi connectivity index (χ2v) is 8.89. The van der Waals surface area contributed by atoms with Crippen LogP contribution in [-0.4, -0.2) is 40.3 Å². The van der Waals surface area contributed by atoms with E-state index in [0.717, 1.165) is 52.8 Å². The predicted molar refractivity (Wildman–Crippen MR) is 134 cm³/mol. The van der Waals surface area contributed by atoms with E-state index in [9.17, 15) is 9.59 Å². The van der Waals surface area contributed by atoms with Crippen molar-refractivity contribution in [2.75, 3.05) is 13.7 Å². The fraction of sp³-hybridized carbons (Fsp3) is 0.296. The molecule has 6 heteroatoms. The number of pyridine rings is 1. The van der Waals surface area contributed by atoms with Crippen LogP contribution in [0.25, 0.3) is 0 Å². The maximum atomic E-state index is 12.9. The minimum atomic E-state index is -0.458. The minimum Gasteiger partial charge on any atom is -0.493 e. The molecule has 0 saturated heterocycles. The van der Waals surface area contributed by atoms with Crippen LogP contribution in [0.3, 0.4) is 0 Å². The Kier molecular flexibility index (Phi) is 9.51. The first kappa shape index (κ1) is 24.5. The molecule has 1 atom stereocenters. The Morgan fingerprint density at radius 2 is 1.76 bits per heavy atom. The zero-order valence-corrected chi connectivity index (χ0v) is 20.0. The van der Waals surface area contributed by atoms with Crippen molar-refractivity contribution in [1.82, 2.24) is 9.88 Å². The molecule has 5 nitrogen and oxygen atoms in total. The number of aromatic nitrogens is 1. The average molecular weight is 463 g/mol. The first-order valence-corrected chi connectivity index (χ1v) is 12.1. The lowest BCUT2D eigenvalue weighted by Gasteiger charge is -2.22. The zero-order chi connectivity index (χ0) is 23.5. The number of hydrogen-bond acceptors (Lipinski definition) is 5. The third kappa shape index (κ3) is 7.75. The van der Waals surface area contributed by atoms with E-state index in [2.05, 4.69) is 18.0 Å². The fourth-order valence-corrected chi connectivity index (χ4v) is 4.18. The van der Waals surface area contributed by atoms with E-state index in [-0.39, 0.29) is 5.91 Å². The van der Waals surface area contributed by atoms with Crippen LogP contribution in [0.1, 0.15) is 29.3 Å². The summed E-state index contributed by atoms with van der Waals surface area (Å²) in [5.74, 6) is 0.717. The van der Waals surface area contributed by atoms with Crippen molar-refractivity contribution >= 4 is 23.3 Å². The molecule has 1 heterocycles. The monoisotopic (exact) mass is 462 g/mol. The summed E-state index contributed by atoms with van der Waals surface area (Å²) in [4.78, 5) is 30.3. The predicted octanol–water partition coefficient (Wildman–Crippen LogP) is 4.76. The molecule has 0 bridgehead atoms. The van der Waals surface area contributed by atoms with Crippen molar-refractivity contribution in [1.29, 1.82) is 0 Å². The number of aryl methyl sites for hydroxylation is 1. The maximum Gasteiger partial charge on any atom is 0.236 e. The number of carbonyl (C=O) groups excluding carboxylic acids is 2. The second-order valence-electron chi connectivity index (χ2n) is 7.86. The molecule has 1 aromatic heterocycles. The van der Waals surface area contributed by atoms with Gasteiger partial charge in [0.1, 0.15) is 5.75 Å². The summed E-state index contributed by atoms with van der Waals surface area (Å²) in [5, 5.41) is -0.458. The van der Waals surface area contributed by atoms with Gasteiger partial charge in [0.2, 0.25) is 5.91 Å². The summed E-state index contributed by atoms with van der Waals surface area (Å²) in [6.07, 6.45) is 4.12. The van der Waals surface area contributed by atoms with Gasteiger partial charge in [-0.1, -0.05) is 67.2 Å². The molecule has 2 aromatic carbocycles.